The fourth-order valence-electron chi connectivity index (χ4n) is 4.01. The van der Waals surface area contributed by atoms with Gasteiger partial charge in [-0.15, -0.1) is 0 Å². The molecule has 0 spiro atoms. The van der Waals surface area contributed by atoms with Crippen LogP contribution in [0.1, 0.15) is 96.1 Å². The van der Waals surface area contributed by atoms with Crippen LogP contribution in [0.3, 0.4) is 0 Å². The van der Waals surface area contributed by atoms with E-state index in [2.05, 4.69) is 20.8 Å². The number of unbranched alkanes of at least 4 members (excludes halogenated alkanes) is 6. The topological polar surface area (TPSA) is 71.1 Å². The zero-order valence-corrected chi connectivity index (χ0v) is 26.4. The van der Waals surface area contributed by atoms with Crippen LogP contribution in [-0.2, 0) is 19.1 Å². The molecule has 0 bridgehead atoms. The lowest BCUT2D eigenvalue weighted by atomic mass is 10.0. The molecule has 0 aliphatic carbocycles. The molecule has 6 nitrogen and oxygen atoms in total. The molecule has 232 valence electrons. The van der Waals surface area contributed by atoms with E-state index < -0.39 is 0 Å². The maximum absolute atomic E-state index is 11.7. The molecule has 6 heteroatoms. The molecule has 1 atom stereocenters. The molecule has 0 fully saturated rings. The summed E-state index contributed by atoms with van der Waals surface area (Å²) in [5.41, 5.74) is 1.90. The maximum Gasteiger partial charge on any atom is 0.330 e. The first-order chi connectivity index (χ1) is 20.4. The third kappa shape index (κ3) is 18.0. The van der Waals surface area contributed by atoms with Crippen LogP contribution < -0.4 is 9.47 Å². The predicted molar refractivity (Wildman–Crippen MR) is 173 cm³/mol. The normalized spacial score (nSPS) is 11.5. The quantitative estimate of drug-likeness (QED) is 0.0938. The van der Waals surface area contributed by atoms with E-state index in [1.54, 1.807) is 26.4 Å². The largest absolute Gasteiger partial charge is 0.497 e. The van der Waals surface area contributed by atoms with Gasteiger partial charge in [-0.3, -0.25) is 0 Å². The molecule has 1 unspecified atom stereocenters. The second kappa shape index (κ2) is 24.1. The van der Waals surface area contributed by atoms with Crippen LogP contribution in [0.25, 0.3) is 12.2 Å². The van der Waals surface area contributed by atoms with Crippen molar-refractivity contribution < 1.29 is 28.5 Å². The van der Waals surface area contributed by atoms with Crippen molar-refractivity contribution in [1.29, 1.82) is 0 Å². The third-order valence-corrected chi connectivity index (χ3v) is 6.80. The minimum atomic E-state index is -0.278. The number of benzene rings is 2. The standard InChI is InChI=1S/2C18H26O3/c1-4-6-7-15(5-2)14-21-18(19)13-10-16-8-11-17(20-3)12-9-16;1-3-4-5-6-7-8-15-21-18(19)14-11-16-9-12-17(20-2)13-10-16/h8-13,15H,4-7,14H2,1-3H3;9-14H,3-8,15H2,1-2H3/b13-10+;14-11+. The first-order valence-electron chi connectivity index (χ1n) is 15.4. The number of esters is 2. The Morgan fingerprint density at radius 3 is 1.60 bits per heavy atom. The zero-order valence-electron chi connectivity index (χ0n) is 26.4. The molecule has 0 saturated carbocycles. The molecule has 2 aromatic rings. The van der Waals surface area contributed by atoms with Gasteiger partial charge < -0.3 is 18.9 Å². The van der Waals surface area contributed by atoms with Crippen molar-refractivity contribution in [2.45, 2.75) is 85.0 Å². The van der Waals surface area contributed by atoms with Crippen LogP contribution in [0.2, 0.25) is 0 Å². The molecule has 2 aromatic carbocycles. The second-order valence-corrected chi connectivity index (χ2v) is 10.2. The first kappa shape index (κ1) is 36.5. The lowest BCUT2D eigenvalue weighted by Crippen LogP contribution is -2.12. The van der Waals surface area contributed by atoms with Crippen molar-refractivity contribution in [3.05, 3.63) is 71.8 Å². The molecule has 0 N–H and O–H groups in total. The number of hydrogen-bond acceptors (Lipinski definition) is 6. The van der Waals surface area contributed by atoms with Gasteiger partial charge in [-0.25, -0.2) is 9.59 Å². The zero-order chi connectivity index (χ0) is 30.8. The van der Waals surface area contributed by atoms with Gasteiger partial charge in [0.1, 0.15) is 11.5 Å². The van der Waals surface area contributed by atoms with Crippen molar-refractivity contribution in [2.75, 3.05) is 27.4 Å². The highest BCUT2D eigenvalue weighted by Crippen LogP contribution is 2.15. The maximum atomic E-state index is 11.7. The van der Waals surface area contributed by atoms with E-state index in [1.165, 1.54) is 50.7 Å². The second-order valence-electron chi connectivity index (χ2n) is 10.2. The molecule has 2 rings (SSSR count). The van der Waals surface area contributed by atoms with E-state index in [0.29, 0.717) is 19.1 Å². The van der Waals surface area contributed by atoms with Crippen LogP contribution in [0.15, 0.2) is 60.7 Å². The van der Waals surface area contributed by atoms with Gasteiger partial charge in [0.15, 0.2) is 0 Å². The highest BCUT2D eigenvalue weighted by molar-refractivity contribution is 5.87. The van der Waals surface area contributed by atoms with Crippen molar-refractivity contribution >= 4 is 24.1 Å². The Morgan fingerprint density at radius 1 is 0.643 bits per heavy atom. The molecule has 0 radical (unpaired) electrons. The molecule has 0 aliphatic heterocycles. The fraction of sp³-hybridized carbons (Fsp3) is 0.500. The van der Waals surface area contributed by atoms with Gasteiger partial charge in [0.25, 0.3) is 0 Å². The van der Waals surface area contributed by atoms with Crippen LogP contribution in [0.5, 0.6) is 11.5 Å². The Labute approximate surface area is 254 Å². The Hall–Kier alpha value is -3.54. The minimum Gasteiger partial charge on any atom is -0.497 e. The summed E-state index contributed by atoms with van der Waals surface area (Å²) in [6, 6.07) is 15.1. The van der Waals surface area contributed by atoms with E-state index in [4.69, 9.17) is 18.9 Å². The monoisotopic (exact) mass is 580 g/mol. The van der Waals surface area contributed by atoms with Crippen molar-refractivity contribution in [3.63, 3.8) is 0 Å². The molecule has 0 aromatic heterocycles. The summed E-state index contributed by atoms with van der Waals surface area (Å²) in [4.78, 5) is 23.2. The van der Waals surface area contributed by atoms with Gasteiger partial charge in [0.05, 0.1) is 27.4 Å². The van der Waals surface area contributed by atoms with Crippen LogP contribution >= 0.6 is 0 Å². The fourth-order valence-corrected chi connectivity index (χ4v) is 4.01. The first-order valence-corrected chi connectivity index (χ1v) is 15.4. The summed E-state index contributed by atoms with van der Waals surface area (Å²) in [5.74, 6) is 1.53. The number of rotatable bonds is 19. The van der Waals surface area contributed by atoms with E-state index in [1.807, 2.05) is 48.5 Å². The van der Waals surface area contributed by atoms with E-state index in [0.717, 1.165) is 48.3 Å². The Balaban J connectivity index is 0.000000420. The summed E-state index contributed by atoms with van der Waals surface area (Å²) in [7, 11) is 3.26. The summed E-state index contributed by atoms with van der Waals surface area (Å²) in [6.07, 6.45) is 18.2. The van der Waals surface area contributed by atoms with Crippen molar-refractivity contribution in [3.8, 4) is 11.5 Å². The van der Waals surface area contributed by atoms with Crippen LogP contribution in [-0.4, -0.2) is 39.4 Å². The summed E-state index contributed by atoms with van der Waals surface area (Å²) in [5, 5.41) is 0. The summed E-state index contributed by atoms with van der Waals surface area (Å²) >= 11 is 0. The van der Waals surface area contributed by atoms with Gasteiger partial charge in [-0.2, -0.15) is 0 Å². The van der Waals surface area contributed by atoms with Crippen molar-refractivity contribution in [2.24, 2.45) is 5.92 Å². The molecule has 0 heterocycles. The van der Waals surface area contributed by atoms with Gasteiger partial charge in [-0.1, -0.05) is 96.4 Å². The third-order valence-electron chi connectivity index (χ3n) is 6.80. The predicted octanol–water partition coefficient (Wildman–Crippen LogP) is 9.08. The molecule has 0 saturated heterocycles. The van der Waals surface area contributed by atoms with Crippen LogP contribution in [0.4, 0.5) is 0 Å². The highest BCUT2D eigenvalue weighted by atomic mass is 16.5. The summed E-state index contributed by atoms with van der Waals surface area (Å²) in [6.45, 7) is 7.55. The summed E-state index contributed by atoms with van der Waals surface area (Å²) < 4.78 is 20.6. The SMILES string of the molecule is CCCCC(CC)COC(=O)/C=C/c1ccc(OC)cc1.CCCCCCCCOC(=O)/C=C/c1ccc(OC)cc1. The minimum absolute atomic E-state index is 0.277. The van der Waals surface area contributed by atoms with Gasteiger partial charge >= 0.3 is 11.9 Å². The van der Waals surface area contributed by atoms with E-state index in [9.17, 15) is 9.59 Å². The van der Waals surface area contributed by atoms with Crippen molar-refractivity contribution in [1.82, 2.24) is 0 Å². The molecular formula is C36H52O6. The number of ether oxygens (including phenoxy) is 4. The number of carbonyl (C=O) groups is 2. The lowest BCUT2D eigenvalue weighted by molar-refractivity contribution is -0.139. The molecule has 0 amide bonds. The smallest absolute Gasteiger partial charge is 0.330 e. The highest BCUT2D eigenvalue weighted by Gasteiger charge is 2.08. The van der Waals surface area contributed by atoms with Gasteiger partial charge in [-0.05, 0) is 66.3 Å². The number of methoxy groups -OCH3 is 2. The van der Waals surface area contributed by atoms with E-state index >= 15 is 0 Å². The number of carbonyl (C=O) groups excluding carboxylic acids is 2. The Bertz CT molecular complexity index is 1020. The Kier molecular flexibility index (Phi) is 20.9. The average Bonchev–Trinajstić information content (AvgIpc) is 3.03. The molecule has 42 heavy (non-hydrogen) atoms. The molecular weight excluding hydrogens is 528 g/mol. The lowest BCUT2D eigenvalue weighted by Gasteiger charge is -2.13. The van der Waals surface area contributed by atoms with E-state index in [-0.39, 0.29) is 11.9 Å². The Morgan fingerprint density at radius 2 is 1.12 bits per heavy atom. The van der Waals surface area contributed by atoms with Gasteiger partial charge in [0.2, 0.25) is 0 Å². The number of hydrogen-bond donors (Lipinski definition) is 0. The van der Waals surface area contributed by atoms with Crippen LogP contribution in [0, 0.1) is 5.92 Å². The van der Waals surface area contributed by atoms with Gasteiger partial charge in [0, 0.05) is 12.2 Å². The average molecular weight is 581 g/mol. The molecule has 0 aliphatic rings.